The molecule has 0 aliphatic carbocycles. The van der Waals surface area contributed by atoms with Crippen LogP contribution in [-0.4, -0.2) is 44.6 Å². The van der Waals surface area contributed by atoms with E-state index < -0.39 is 0 Å². The fraction of sp³-hybridized carbons (Fsp3) is 0.545. The van der Waals surface area contributed by atoms with Gasteiger partial charge in [0.1, 0.15) is 5.52 Å². The second kappa shape index (κ2) is 6.03. The second-order valence-corrected chi connectivity index (χ2v) is 4.56. The lowest BCUT2D eigenvalue weighted by molar-refractivity contribution is 0.381. The van der Waals surface area contributed by atoms with Crippen LogP contribution in [-0.2, 0) is 13.6 Å². The van der Waals surface area contributed by atoms with Crippen molar-refractivity contribution in [3.8, 4) is 0 Å². The highest BCUT2D eigenvalue weighted by Crippen LogP contribution is 1.99. The molecule has 0 aliphatic rings. The van der Waals surface area contributed by atoms with E-state index in [1.165, 1.54) is 15.5 Å². The molecule has 0 aliphatic heterocycles. The Bertz CT molecular complexity index is 670. The fourth-order valence-corrected chi connectivity index (χ4v) is 1.93. The minimum absolute atomic E-state index is 0. The van der Waals surface area contributed by atoms with Gasteiger partial charge in [-0.3, -0.25) is 13.9 Å². The molecule has 2 heterocycles. The maximum Gasteiger partial charge on any atom is 0.332 e. The molecule has 2 aromatic heterocycles. The number of hydrogen-bond acceptors (Lipinski definition) is 4. The second-order valence-electron chi connectivity index (χ2n) is 4.56. The van der Waals surface area contributed by atoms with Crippen LogP contribution in [0.4, 0.5) is 0 Å². The molecule has 0 radical (unpaired) electrons. The molecular formula is C11H18ClN5O2. The predicted octanol–water partition coefficient (Wildman–Crippen LogP) is -0.203. The van der Waals surface area contributed by atoms with Crippen molar-refractivity contribution in [1.29, 1.82) is 0 Å². The van der Waals surface area contributed by atoms with Crippen molar-refractivity contribution in [2.24, 2.45) is 7.05 Å². The van der Waals surface area contributed by atoms with Crippen LogP contribution in [0.5, 0.6) is 0 Å². The molecule has 19 heavy (non-hydrogen) atoms. The Morgan fingerprint density at radius 3 is 2.68 bits per heavy atom. The Labute approximate surface area is 116 Å². The Morgan fingerprint density at radius 1 is 1.37 bits per heavy atom. The molecule has 8 heteroatoms. The third-order valence-electron chi connectivity index (χ3n) is 2.90. The smallest absolute Gasteiger partial charge is 0.332 e. The van der Waals surface area contributed by atoms with Gasteiger partial charge >= 0.3 is 5.69 Å². The Kier molecular flexibility index (Phi) is 4.90. The minimum Gasteiger partial charge on any atom is -0.339 e. The van der Waals surface area contributed by atoms with Crippen molar-refractivity contribution in [3.63, 3.8) is 0 Å². The molecule has 0 saturated heterocycles. The number of aryl methyl sites for hydroxylation is 1. The van der Waals surface area contributed by atoms with Crippen LogP contribution in [0.15, 0.2) is 15.9 Å². The van der Waals surface area contributed by atoms with Gasteiger partial charge in [0.15, 0.2) is 5.65 Å². The Morgan fingerprint density at radius 2 is 2.05 bits per heavy atom. The average Bonchev–Trinajstić information content (AvgIpc) is 2.79. The standard InChI is InChI=1S/C11H17N5O2.ClH/c1-14(2)5-4-6-16-10(17)8-9(13-7-12-8)15(3)11(16)18;/h7H,4-6H2,1-3H3,(H,12,13);1H. The first kappa shape index (κ1) is 15.5. The van der Waals surface area contributed by atoms with Crippen LogP contribution in [0.1, 0.15) is 6.42 Å². The molecule has 0 spiro atoms. The Hall–Kier alpha value is -1.60. The highest BCUT2D eigenvalue weighted by atomic mass is 35.5. The normalized spacial score (nSPS) is 10.9. The summed E-state index contributed by atoms with van der Waals surface area (Å²) < 4.78 is 2.65. The molecular weight excluding hydrogens is 270 g/mol. The van der Waals surface area contributed by atoms with Crippen LogP contribution in [0.3, 0.4) is 0 Å². The third kappa shape index (κ3) is 2.87. The maximum atomic E-state index is 12.1. The quantitative estimate of drug-likeness (QED) is 0.845. The van der Waals surface area contributed by atoms with Crippen molar-refractivity contribution < 1.29 is 0 Å². The molecule has 2 aromatic rings. The molecule has 2 rings (SSSR count). The highest BCUT2D eigenvalue weighted by Gasteiger charge is 2.12. The molecule has 1 N–H and O–H groups in total. The van der Waals surface area contributed by atoms with E-state index in [0.29, 0.717) is 17.7 Å². The molecule has 0 aromatic carbocycles. The minimum atomic E-state index is -0.321. The summed E-state index contributed by atoms with van der Waals surface area (Å²) in [7, 11) is 5.53. The molecule has 0 fully saturated rings. The van der Waals surface area contributed by atoms with E-state index in [0.717, 1.165) is 13.0 Å². The fourth-order valence-electron chi connectivity index (χ4n) is 1.93. The molecule has 0 atom stereocenters. The zero-order chi connectivity index (χ0) is 13.3. The lowest BCUT2D eigenvalue weighted by Crippen LogP contribution is -2.39. The van der Waals surface area contributed by atoms with E-state index >= 15 is 0 Å². The average molecular weight is 288 g/mol. The van der Waals surface area contributed by atoms with Crippen molar-refractivity contribution >= 4 is 23.6 Å². The lowest BCUT2D eigenvalue weighted by atomic mass is 10.4. The van der Waals surface area contributed by atoms with Crippen molar-refractivity contribution in [3.05, 3.63) is 27.2 Å². The predicted molar refractivity (Wildman–Crippen MR) is 76.0 cm³/mol. The van der Waals surface area contributed by atoms with Crippen LogP contribution in [0.2, 0.25) is 0 Å². The van der Waals surface area contributed by atoms with Gasteiger partial charge in [0.2, 0.25) is 0 Å². The largest absolute Gasteiger partial charge is 0.339 e. The number of rotatable bonds is 4. The van der Waals surface area contributed by atoms with Crippen molar-refractivity contribution in [2.75, 3.05) is 20.6 Å². The van der Waals surface area contributed by atoms with Crippen LogP contribution in [0, 0.1) is 0 Å². The van der Waals surface area contributed by atoms with E-state index in [1.54, 1.807) is 7.05 Å². The van der Waals surface area contributed by atoms with Crippen LogP contribution < -0.4 is 11.2 Å². The number of hydrogen-bond donors (Lipinski definition) is 1. The summed E-state index contributed by atoms with van der Waals surface area (Å²) in [6.45, 7) is 1.25. The molecule has 7 nitrogen and oxygen atoms in total. The maximum absolute atomic E-state index is 12.1. The number of aromatic nitrogens is 4. The monoisotopic (exact) mass is 287 g/mol. The first-order valence-electron chi connectivity index (χ1n) is 5.80. The molecule has 0 saturated carbocycles. The SMILES string of the molecule is CN(C)CCCn1c(=O)c2[nH]cnc2n(C)c1=O.Cl. The Balaban J connectivity index is 0.00000180. The zero-order valence-electron chi connectivity index (χ0n) is 11.2. The molecule has 0 bridgehead atoms. The topological polar surface area (TPSA) is 75.9 Å². The first-order chi connectivity index (χ1) is 8.52. The van der Waals surface area contributed by atoms with Gasteiger partial charge < -0.3 is 9.88 Å². The summed E-state index contributed by atoms with van der Waals surface area (Å²) in [5, 5.41) is 0. The van der Waals surface area contributed by atoms with Gasteiger partial charge in [-0.25, -0.2) is 9.78 Å². The summed E-state index contributed by atoms with van der Waals surface area (Å²) in [4.78, 5) is 32.9. The number of nitrogens with one attached hydrogen (secondary N) is 1. The van der Waals surface area contributed by atoms with Gasteiger partial charge in [-0.1, -0.05) is 0 Å². The van der Waals surface area contributed by atoms with E-state index in [4.69, 9.17) is 0 Å². The van der Waals surface area contributed by atoms with E-state index in [-0.39, 0.29) is 23.7 Å². The van der Waals surface area contributed by atoms with Gasteiger partial charge in [0, 0.05) is 13.6 Å². The zero-order valence-corrected chi connectivity index (χ0v) is 12.0. The summed E-state index contributed by atoms with van der Waals surface area (Å²) >= 11 is 0. The lowest BCUT2D eigenvalue weighted by Gasteiger charge is -2.11. The molecule has 0 unspecified atom stereocenters. The third-order valence-corrected chi connectivity index (χ3v) is 2.90. The van der Waals surface area contributed by atoms with E-state index in [1.807, 2.05) is 19.0 Å². The number of aromatic amines is 1. The summed E-state index contributed by atoms with van der Waals surface area (Å²) in [6, 6.07) is 0. The number of imidazole rings is 1. The summed E-state index contributed by atoms with van der Waals surface area (Å²) in [5.41, 5.74) is 0.151. The van der Waals surface area contributed by atoms with E-state index in [9.17, 15) is 9.59 Å². The van der Waals surface area contributed by atoms with E-state index in [2.05, 4.69) is 9.97 Å². The van der Waals surface area contributed by atoms with Crippen LogP contribution >= 0.6 is 12.4 Å². The number of halogens is 1. The van der Waals surface area contributed by atoms with Gasteiger partial charge in [-0.05, 0) is 27.1 Å². The molecule has 106 valence electrons. The number of nitrogens with zero attached hydrogens (tertiary/aromatic N) is 4. The number of fused-ring (bicyclic) bond motifs is 1. The van der Waals surface area contributed by atoms with Crippen LogP contribution in [0.25, 0.3) is 11.2 Å². The highest BCUT2D eigenvalue weighted by molar-refractivity contribution is 5.85. The summed E-state index contributed by atoms with van der Waals surface area (Å²) in [5.74, 6) is 0. The molecule has 0 amide bonds. The first-order valence-corrected chi connectivity index (χ1v) is 5.80. The summed E-state index contributed by atoms with van der Waals surface area (Å²) in [6.07, 6.45) is 2.18. The van der Waals surface area contributed by atoms with Gasteiger partial charge in [0.05, 0.1) is 6.33 Å². The van der Waals surface area contributed by atoms with Gasteiger partial charge in [0.25, 0.3) is 5.56 Å². The van der Waals surface area contributed by atoms with Crippen molar-refractivity contribution in [2.45, 2.75) is 13.0 Å². The van der Waals surface area contributed by atoms with Crippen molar-refractivity contribution in [1.82, 2.24) is 24.0 Å². The van der Waals surface area contributed by atoms with Gasteiger partial charge in [-0.2, -0.15) is 0 Å². The number of H-pyrrole nitrogens is 1. The van der Waals surface area contributed by atoms with Gasteiger partial charge in [-0.15, -0.1) is 12.4 Å².